The second-order valence-electron chi connectivity index (χ2n) is 5.81. The smallest absolute Gasteiger partial charge is 0.398 e. The van der Waals surface area contributed by atoms with E-state index in [0.717, 1.165) is 6.07 Å². The normalized spacial score (nSPS) is 17.1. The summed E-state index contributed by atoms with van der Waals surface area (Å²) in [4.78, 5) is 18.0. The number of alkyl halides is 3. The highest BCUT2D eigenvalue weighted by atomic mass is 32.2. The average molecular weight is 401 g/mol. The van der Waals surface area contributed by atoms with Gasteiger partial charge in [0, 0.05) is 18.4 Å². The van der Waals surface area contributed by atoms with Gasteiger partial charge in [0.25, 0.3) is 5.56 Å². The fraction of sp³-hybridized carbons (Fsp3) is 0.200. The molecule has 2 heterocycles. The number of nitrogens with one attached hydrogen (secondary N) is 1. The SMILES string of the molecule is NC(=Nc1ccc2c(c1)CN(CC(F)(F)F)S2(=O)=O)c1c(N)cc[nH]c1=O. The molecule has 1 aliphatic rings. The minimum atomic E-state index is -4.66. The highest BCUT2D eigenvalue weighted by Crippen LogP contribution is 2.35. The Morgan fingerprint density at radius 1 is 1.30 bits per heavy atom. The summed E-state index contributed by atoms with van der Waals surface area (Å²) in [7, 11) is -4.23. The number of aromatic amines is 1. The second kappa shape index (κ2) is 6.39. The van der Waals surface area contributed by atoms with Gasteiger partial charge < -0.3 is 16.5 Å². The summed E-state index contributed by atoms with van der Waals surface area (Å²) in [6, 6.07) is 5.17. The molecule has 0 aliphatic carbocycles. The molecule has 0 spiro atoms. The number of aromatic nitrogens is 1. The third-order valence-electron chi connectivity index (χ3n) is 3.86. The van der Waals surface area contributed by atoms with Crippen molar-refractivity contribution in [2.24, 2.45) is 10.7 Å². The van der Waals surface area contributed by atoms with Gasteiger partial charge in [-0.1, -0.05) is 0 Å². The molecule has 0 bridgehead atoms. The molecule has 0 unspecified atom stereocenters. The standard InChI is InChI=1S/C15H14F3N5O3S/c16-15(17,18)7-23-6-8-5-9(1-2-11(8)27(23,25)26)22-13(20)12-10(19)3-4-21-14(12)24/h1-5H,6-7H2,(H2,20,22)(H3,19,21,24). The first-order valence-electron chi connectivity index (χ1n) is 7.50. The number of nitrogens with zero attached hydrogens (tertiary/aromatic N) is 2. The highest BCUT2D eigenvalue weighted by molar-refractivity contribution is 7.89. The summed E-state index contributed by atoms with van der Waals surface area (Å²) in [5.41, 5.74) is 11.3. The number of fused-ring (bicyclic) bond motifs is 1. The van der Waals surface area contributed by atoms with Crippen LogP contribution in [-0.2, 0) is 16.6 Å². The molecule has 1 aliphatic heterocycles. The number of nitrogens with two attached hydrogens (primary N) is 2. The molecular formula is C15H14F3N5O3S. The van der Waals surface area contributed by atoms with Crippen molar-refractivity contribution in [3.05, 3.63) is 51.9 Å². The van der Waals surface area contributed by atoms with Gasteiger partial charge in [0.2, 0.25) is 10.0 Å². The van der Waals surface area contributed by atoms with Crippen molar-refractivity contribution in [1.29, 1.82) is 0 Å². The van der Waals surface area contributed by atoms with Gasteiger partial charge in [-0.05, 0) is 29.8 Å². The van der Waals surface area contributed by atoms with E-state index >= 15 is 0 Å². The van der Waals surface area contributed by atoms with Crippen molar-refractivity contribution >= 4 is 27.2 Å². The number of pyridine rings is 1. The number of amidine groups is 1. The first kappa shape index (κ1) is 18.9. The predicted molar refractivity (Wildman–Crippen MR) is 92.0 cm³/mol. The van der Waals surface area contributed by atoms with Gasteiger partial charge in [-0.2, -0.15) is 17.5 Å². The summed E-state index contributed by atoms with van der Waals surface area (Å²) >= 11 is 0. The van der Waals surface area contributed by atoms with Crippen molar-refractivity contribution < 1.29 is 21.6 Å². The number of halogens is 3. The van der Waals surface area contributed by atoms with Crippen molar-refractivity contribution in [1.82, 2.24) is 9.29 Å². The number of nitrogen functional groups attached to an aromatic ring is 1. The lowest BCUT2D eigenvalue weighted by Gasteiger charge is -2.16. The van der Waals surface area contributed by atoms with Gasteiger partial charge >= 0.3 is 6.18 Å². The molecule has 1 aromatic carbocycles. The lowest BCUT2D eigenvalue weighted by atomic mass is 10.2. The molecule has 5 N–H and O–H groups in total. The van der Waals surface area contributed by atoms with Gasteiger partial charge in [-0.25, -0.2) is 13.4 Å². The highest BCUT2D eigenvalue weighted by Gasteiger charge is 2.42. The van der Waals surface area contributed by atoms with E-state index in [4.69, 9.17) is 11.5 Å². The van der Waals surface area contributed by atoms with E-state index in [9.17, 15) is 26.4 Å². The van der Waals surface area contributed by atoms with E-state index in [2.05, 4.69) is 9.98 Å². The molecule has 0 saturated carbocycles. The maximum atomic E-state index is 12.6. The van der Waals surface area contributed by atoms with Crippen molar-refractivity contribution in [2.45, 2.75) is 17.6 Å². The number of hydrogen-bond acceptors (Lipinski definition) is 5. The van der Waals surface area contributed by atoms with Crippen LogP contribution in [0.4, 0.5) is 24.5 Å². The lowest BCUT2D eigenvalue weighted by molar-refractivity contribution is -0.136. The Morgan fingerprint density at radius 3 is 2.63 bits per heavy atom. The Balaban J connectivity index is 1.98. The first-order valence-corrected chi connectivity index (χ1v) is 8.94. The van der Waals surface area contributed by atoms with E-state index in [0.29, 0.717) is 4.31 Å². The van der Waals surface area contributed by atoms with Gasteiger partial charge in [0.1, 0.15) is 17.9 Å². The lowest BCUT2D eigenvalue weighted by Crippen LogP contribution is -2.34. The average Bonchev–Trinajstić information content (AvgIpc) is 2.75. The van der Waals surface area contributed by atoms with Gasteiger partial charge in [-0.3, -0.25) is 4.79 Å². The molecular weight excluding hydrogens is 387 g/mol. The summed E-state index contributed by atoms with van der Waals surface area (Å²) in [6.45, 7) is -2.02. The van der Waals surface area contributed by atoms with Gasteiger partial charge in [0.05, 0.1) is 10.6 Å². The zero-order chi connectivity index (χ0) is 20.0. The molecule has 0 radical (unpaired) electrons. The number of sulfonamides is 1. The van der Waals surface area contributed by atoms with Crippen LogP contribution in [0.3, 0.4) is 0 Å². The first-order chi connectivity index (χ1) is 12.5. The summed E-state index contributed by atoms with van der Waals surface area (Å²) in [6.07, 6.45) is -3.32. The summed E-state index contributed by atoms with van der Waals surface area (Å²) in [5, 5.41) is 0. The Kier molecular flexibility index (Phi) is 4.48. The van der Waals surface area contributed by atoms with Gasteiger partial charge in [-0.15, -0.1) is 0 Å². The number of H-pyrrole nitrogens is 1. The molecule has 1 aromatic heterocycles. The molecule has 0 saturated heterocycles. The molecule has 144 valence electrons. The monoisotopic (exact) mass is 401 g/mol. The molecule has 3 rings (SSSR count). The molecule has 8 nitrogen and oxygen atoms in total. The van der Waals surface area contributed by atoms with Crippen LogP contribution in [-0.4, -0.2) is 36.3 Å². The number of hydrogen-bond donors (Lipinski definition) is 3. The summed E-state index contributed by atoms with van der Waals surface area (Å²) in [5.74, 6) is -0.206. The van der Waals surface area contributed by atoms with Crippen LogP contribution < -0.4 is 17.0 Å². The van der Waals surface area contributed by atoms with E-state index in [1.807, 2.05) is 0 Å². The number of benzene rings is 1. The van der Waals surface area contributed by atoms with Crippen LogP contribution >= 0.6 is 0 Å². The predicted octanol–water partition coefficient (Wildman–Crippen LogP) is 1.06. The number of aliphatic imine (C=N–C) groups is 1. The minimum absolute atomic E-state index is 0.0516. The second-order valence-corrected chi connectivity index (χ2v) is 7.72. The van der Waals surface area contributed by atoms with Gasteiger partial charge in [0.15, 0.2) is 0 Å². The fourth-order valence-electron chi connectivity index (χ4n) is 2.72. The molecule has 2 aromatic rings. The van der Waals surface area contributed by atoms with Crippen molar-refractivity contribution in [2.75, 3.05) is 12.3 Å². The largest absolute Gasteiger partial charge is 0.402 e. The Morgan fingerprint density at radius 2 is 2.00 bits per heavy atom. The van der Waals surface area contributed by atoms with Crippen molar-refractivity contribution in [3.8, 4) is 0 Å². The Labute approximate surface area is 151 Å². The van der Waals surface area contributed by atoms with Crippen LogP contribution in [0.1, 0.15) is 11.1 Å². The Bertz CT molecular complexity index is 1090. The maximum Gasteiger partial charge on any atom is 0.402 e. The summed E-state index contributed by atoms with van der Waals surface area (Å²) < 4.78 is 62.6. The van der Waals surface area contributed by atoms with E-state index < -0.39 is 34.8 Å². The van der Waals surface area contributed by atoms with Crippen LogP contribution in [0.15, 0.2) is 45.1 Å². The number of anilines is 1. The molecule has 0 amide bonds. The molecule has 0 fully saturated rings. The third kappa shape index (κ3) is 3.66. The van der Waals surface area contributed by atoms with Crippen LogP contribution in [0.25, 0.3) is 0 Å². The fourth-order valence-corrected chi connectivity index (χ4v) is 4.32. The third-order valence-corrected chi connectivity index (χ3v) is 5.76. The zero-order valence-corrected chi connectivity index (χ0v) is 14.4. The topological polar surface area (TPSA) is 135 Å². The molecule has 0 atom stereocenters. The molecule has 12 heteroatoms. The van der Waals surface area contributed by atoms with Crippen molar-refractivity contribution in [3.63, 3.8) is 0 Å². The van der Waals surface area contributed by atoms with E-state index in [1.165, 1.54) is 24.4 Å². The zero-order valence-electron chi connectivity index (χ0n) is 13.6. The van der Waals surface area contributed by atoms with E-state index in [-0.39, 0.29) is 33.2 Å². The van der Waals surface area contributed by atoms with Crippen LogP contribution in [0.5, 0.6) is 0 Å². The van der Waals surface area contributed by atoms with Crippen LogP contribution in [0, 0.1) is 0 Å². The maximum absolute atomic E-state index is 12.6. The minimum Gasteiger partial charge on any atom is -0.398 e. The quantitative estimate of drug-likeness (QED) is 0.522. The van der Waals surface area contributed by atoms with Crippen LogP contribution in [0.2, 0.25) is 0 Å². The Hall–Kier alpha value is -2.86. The van der Waals surface area contributed by atoms with E-state index in [1.54, 1.807) is 0 Å². The molecule has 27 heavy (non-hydrogen) atoms. The number of rotatable bonds is 3.